The van der Waals surface area contributed by atoms with E-state index in [-0.39, 0.29) is 24.7 Å². The molecule has 0 atom stereocenters. The molecule has 1 saturated heterocycles. The molecule has 1 aromatic carbocycles. The highest BCUT2D eigenvalue weighted by Crippen LogP contribution is 2.38. The highest BCUT2D eigenvalue weighted by molar-refractivity contribution is 9.10. The summed E-state index contributed by atoms with van der Waals surface area (Å²) < 4.78 is 0.605. The van der Waals surface area contributed by atoms with Crippen LogP contribution in [0.5, 0.6) is 0 Å². The van der Waals surface area contributed by atoms with Crippen LogP contribution in [-0.2, 0) is 9.59 Å². The normalized spacial score (nSPS) is 16.1. The molecular formula is C10H6BrCl2NO2. The summed E-state index contributed by atoms with van der Waals surface area (Å²) >= 11 is 15.1. The van der Waals surface area contributed by atoms with Gasteiger partial charge in [-0.15, -0.1) is 0 Å². The van der Waals surface area contributed by atoms with Crippen molar-refractivity contribution in [3.8, 4) is 0 Å². The summed E-state index contributed by atoms with van der Waals surface area (Å²) in [5.74, 6) is -0.349. The number of nitrogens with zero attached hydrogens (tertiary/aromatic N) is 1. The van der Waals surface area contributed by atoms with Crippen LogP contribution in [0.15, 0.2) is 16.6 Å². The third-order valence-corrected chi connectivity index (χ3v) is 3.35. The fourth-order valence-electron chi connectivity index (χ4n) is 1.58. The minimum absolute atomic E-state index is 0.0641. The summed E-state index contributed by atoms with van der Waals surface area (Å²) in [5.41, 5.74) is 0.502. The molecule has 0 radical (unpaired) electrons. The quantitative estimate of drug-likeness (QED) is 0.745. The first kappa shape index (κ1) is 11.9. The van der Waals surface area contributed by atoms with Crippen molar-refractivity contribution < 1.29 is 9.59 Å². The van der Waals surface area contributed by atoms with Crippen LogP contribution in [0.2, 0.25) is 10.0 Å². The van der Waals surface area contributed by atoms with E-state index in [0.29, 0.717) is 20.2 Å². The van der Waals surface area contributed by atoms with E-state index >= 15 is 0 Å². The van der Waals surface area contributed by atoms with E-state index in [0.717, 1.165) is 0 Å². The van der Waals surface area contributed by atoms with Gasteiger partial charge in [-0.05, 0) is 28.1 Å². The van der Waals surface area contributed by atoms with Crippen LogP contribution in [0.25, 0.3) is 0 Å². The van der Waals surface area contributed by atoms with E-state index in [1.807, 2.05) is 0 Å². The Morgan fingerprint density at radius 2 is 1.94 bits per heavy atom. The largest absolute Gasteiger partial charge is 0.302 e. The number of anilines is 1. The highest BCUT2D eigenvalue weighted by Gasteiger charge is 2.31. The fraction of sp³-hybridized carbons (Fsp3) is 0.200. The maximum absolute atomic E-state index is 11.6. The summed E-state index contributed by atoms with van der Waals surface area (Å²) in [6.07, 6.45) is -0.0641. The van der Waals surface area contributed by atoms with Crippen LogP contribution in [0.4, 0.5) is 5.69 Å². The minimum Gasteiger partial charge on any atom is -0.302 e. The minimum atomic E-state index is -0.241. The van der Waals surface area contributed by atoms with Crippen LogP contribution in [0.1, 0.15) is 6.42 Å². The van der Waals surface area contributed by atoms with E-state index in [1.54, 1.807) is 12.1 Å². The van der Waals surface area contributed by atoms with Crippen LogP contribution in [0.3, 0.4) is 0 Å². The number of halogens is 3. The lowest BCUT2D eigenvalue weighted by Crippen LogP contribution is -2.25. The number of rotatable bonds is 1. The van der Waals surface area contributed by atoms with E-state index in [2.05, 4.69) is 15.9 Å². The van der Waals surface area contributed by atoms with Crippen LogP contribution in [0, 0.1) is 0 Å². The van der Waals surface area contributed by atoms with Gasteiger partial charge >= 0.3 is 0 Å². The van der Waals surface area contributed by atoms with Crippen molar-refractivity contribution in [1.82, 2.24) is 0 Å². The SMILES string of the molecule is O=C1CC(=O)N(c2c(Cl)cc(Cl)cc2Br)C1. The van der Waals surface area contributed by atoms with Crippen molar-refractivity contribution in [2.45, 2.75) is 6.42 Å². The van der Waals surface area contributed by atoms with Gasteiger partial charge in [-0.25, -0.2) is 0 Å². The predicted octanol–water partition coefficient (Wildman–Crippen LogP) is 3.06. The molecule has 16 heavy (non-hydrogen) atoms. The Morgan fingerprint density at radius 3 is 2.44 bits per heavy atom. The molecule has 1 amide bonds. The maximum Gasteiger partial charge on any atom is 0.234 e. The summed E-state index contributed by atoms with van der Waals surface area (Å²) in [7, 11) is 0. The van der Waals surface area contributed by atoms with E-state index in [9.17, 15) is 9.59 Å². The second-order valence-corrected chi connectivity index (χ2v) is 5.11. The van der Waals surface area contributed by atoms with Crippen molar-refractivity contribution in [3.63, 3.8) is 0 Å². The topological polar surface area (TPSA) is 37.4 Å². The van der Waals surface area contributed by atoms with Gasteiger partial charge in [0.15, 0.2) is 5.78 Å². The standard InChI is InChI=1S/C10H6BrCl2NO2/c11-7-1-5(12)2-8(13)10(7)14-4-6(15)3-9(14)16/h1-2H,3-4H2. The molecule has 1 fully saturated rings. The molecule has 3 nitrogen and oxygen atoms in total. The molecule has 0 saturated carbocycles. The van der Waals surface area contributed by atoms with Crippen molar-refractivity contribution >= 4 is 56.5 Å². The number of carbonyl (C=O) groups is 2. The monoisotopic (exact) mass is 321 g/mol. The molecule has 0 aromatic heterocycles. The summed E-state index contributed by atoms with van der Waals surface area (Å²) in [4.78, 5) is 24.1. The Hall–Kier alpha value is -0.580. The second-order valence-electron chi connectivity index (χ2n) is 3.41. The zero-order valence-corrected chi connectivity index (χ0v) is 11.1. The third-order valence-electron chi connectivity index (χ3n) is 2.24. The first-order chi connectivity index (χ1) is 7.49. The Bertz CT molecular complexity index is 467. The zero-order chi connectivity index (χ0) is 11.9. The van der Waals surface area contributed by atoms with Gasteiger partial charge in [0.05, 0.1) is 23.7 Å². The molecule has 1 aliphatic rings. The van der Waals surface area contributed by atoms with Crippen molar-refractivity contribution in [2.75, 3.05) is 11.4 Å². The molecule has 0 aliphatic carbocycles. The van der Waals surface area contributed by atoms with Crippen molar-refractivity contribution in [1.29, 1.82) is 0 Å². The smallest absolute Gasteiger partial charge is 0.234 e. The van der Waals surface area contributed by atoms with E-state index < -0.39 is 0 Å². The molecule has 1 heterocycles. The third kappa shape index (κ3) is 2.10. The molecular weight excluding hydrogens is 317 g/mol. The number of hydrogen-bond acceptors (Lipinski definition) is 2. The van der Waals surface area contributed by atoms with Crippen LogP contribution < -0.4 is 4.90 Å². The van der Waals surface area contributed by atoms with Gasteiger partial charge < -0.3 is 4.90 Å². The Kier molecular flexibility index (Phi) is 3.24. The van der Waals surface area contributed by atoms with Gasteiger partial charge in [0.25, 0.3) is 0 Å². The van der Waals surface area contributed by atoms with Crippen LogP contribution in [-0.4, -0.2) is 18.2 Å². The Labute approximate surface area is 110 Å². The average Bonchev–Trinajstić information content (AvgIpc) is 2.43. The lowest BCUT2D eigenvalue weighted by Gasteiger charge is -2.18. The number of ketones is 1. The van der Waals surface area contributed by atoms with Crippen LogP contribution >= 0.6 is 39.1 Å². The molecule has 0 unspecified atom stereocenters. The van der Waals surface area contributed by atoms with Gasteiger partial charge in [-0.2, -0.15) is 0 Å². The highest BCUT2D eigenvalue weighted by atomic mass is 79.9. The zero-order valence-electron chi connectivity index (χ0n) is 7.97. The first-order valence-corrected chi connectivity index (χ1v) is 6.00. The lowest BCUT2D eigenvalue weighted by atomic mass is 10.3. The van der Waals surface area contributed by atoms with E-state index in [4.69, 9.17) is 23.2 Å². The molecule has 0 spiro atoms. The molecule has 0 N–H and O–H groups in total. The number of Topliss-reactive ketones (excluding diaryl/α,β-unsaturated/α-hetero) is 1. The van der Waals surface area contributed by atoms with Crippen molar-refractivity contribution in [3.05, 3.63) is 26.7 Å². The second kappa shape index (κ2) is 4.35. The number of amides is 1. The van der Waals surface area contributed by atoms with E-state index in [1.165, 1.54) is 4.90 Å². The Balaban J connectivity index is 2.48. The predicted molar refractivity (Wildman–Crippen MR) is 66.1 cm³/mol. The molecule has 2 rings (SSSR count). The fourth-order valence-corrected chi connectivity index (χ4v) is 3.10. The Morgan fingerprint density at radius 1 is 1.25 bits per heavy atom. The average molecular weight is 323 g/mol. The molecule has 84 valence electrons. The van der Waals surface area contributed by atoms with Gasteiger partial charge in [0.1, 0.15) is 0 Å². The number of carbonyl (C=O) groups excluding carboxylic acids is 2. The van der Waals surface area contributed by atoms with Gasteiger partial charge in [-0.1, -0.05) is 23.2 Å². The molecule has 1 aromatic rings. The molecule has 1 aliphatic heterocycles. The van der Waals surface area contributed by atoms with Gasteiger partial charge in [0, 0.05) is 9.50 Å². The number of hydrogen-bond donors (Lipinski definition) is 0. The number of benzene rings is 1. The van der Waals surface area contributed by atoms with Crippen molar-refractivity contribution in [2.24, 2.45) is 0 Å². The lowest BCUT2D eigenvalue weighted by molar-refractivity contribution is -0.121. The summed E-state index contributed by atoms with van der Waals surface area (Å²) in [6, 6.07) is 3.18. The first-order valence-electron chi connectivity index (χ1n) is 4.45. The maximum atomic E-state index is 11.6. The molecule has 0 bridgehead atoms. The van der Waals surface area contributed by atoms with Gasteiger partial charge in [-0.3, -0.25) is 9.59 Å². The summed E-state index contributed by atoms with van der Waals surface area (Å²) in [6.45, 7) is 0.0682. The van der Waals surface area contributed by atoms with Gasteiger partial charge in [0.2, 0.25) is 5.91 Å². The molecule has 6 heteroatoms. The summed E-state index contributed by atoms with van der Waals surface area (Å²) in [5, 5.41) is 0.820.